The highest BCUT2D eigenvalue weighted by atomic mass is 16.5. The molecule has 0 heterocycles. The smallest absolute Gasteiger partial charge is 0.116 e. The van der Waals surface area contributed by atoms with E-state index in [9.17, 15) is 25.5 Å². The maximum Gasteiger partial charge on any atom is 0.116 e. The molecule has 4 unspecified atom stereocenters. The summed E-state index contributed by atoms with van der Waals surface area (Å²) in [5, 5.41) is 50.8. The number of rotatable bonds is 22. The Kier molecular flexibility index (Phi) is 19.3. The van der Waals surface area contributed by atoms with Gasteiger partial charge in [0.25, 0.3) is 0 Å². The standard InChI is InChI=1S/C24H50O6/c1-3-5-7-9-11-13-15-17-24(29,20-25)23(28)22(27)21(26)19-30-18-16-14-12-10-8-6-4-2/h21-23,25-29H,3-20H2,1-2H3. The van der Waals surface area contributed by atoms with Gasteiger partial charge < -0.3 is 30.3 Å². The summed E-state index contributed by atoms with van der Waals surface area (Å²) in [6.07, 6.45) is 11.2. The van der Waals surface area contributed by atoms with E-state index < -0.39 is 30.5 Å². The second kappa shape index (κ2) is 19.4. The lowest BCUT2D eigenvalue weighted by molar-refractivity contribution is -0.177. The van der Waals surface area contributed by atoms with Gasteiger partial charge in [-0.1, -0.05) is 97.3 Å². The molecule has 182 valence electrons. The molecule has 0 fully saturated rings. The van der Waals surface area contributed by atoms with E-state index in [4.69, 9.17) is 4.74 Å². The van der Waals surface area contributed by atoms with Crippen molar-refractivity contribution in [3.63, 3.8) is 0 Å². The number of hydrogen-bond donors (Lipinski definition) is 5. The lowest BCUT2D eigenvalue weighted by Gasteiger charge is -2.35. The van der Waals surface area contributed by atoms with Gasteiger partial charge in [0.2, 0.25) is 0 Å². The fraction of sp³-hybridized carbons (Fsp3) is 1.00. The van der Waals surface area contributed by atoms with Gasteiger partial charge >= 0.3 is 0 Å². The molecule has 0 aliphatic carbocycles. The van der Waals surface area contributed by atoms with Gasteiger partial charge in [0, 0.05) is 6.61 Å². The molecule has 0 aliphatic rings. The third kappa shape index (κ3) is 13.9. The maximum absolute atomic E-state index is 10.6. The summed E-state index contributed by atoms with van der Waals surface area (Å²) in [7, 11) is 0. The summed E-state index contributed by atoms with van der Waals surface area (Å²) >= 11 is 0. The highest BCUT2D eigenvalue weighted by Gasteiger charge is 2.41. The van der Waals surface area contributed by atoms with Gasteiger partial charge in [-0.3, -0.25) is 0 Å². The molecule has 0 aromatic rings. The first kappa shape index (κ1) is 29.8. The molecule has 0 saturated carbocycles. The van der Waals surface area contributed by atoms with E-state index in [1.165, 1.54) is 51.4 Å². The van der Waals surface area contributed by atoms with Gasteiger partial charge in [0.05, 0.1) is 13.2 Å². The molecule has 0 spiro atoms. The number of hydrogen-bond acceptors (Lipinski definition) is 6. The summed E-state index contributed by atoms with van der Waals surface area (Å²) in [5.41, 5.74) is -1.82. The molecule has 0 bridgehead atoms. The summed E-state index contributed by atoms with van der Waals surface area (Å²) in [5.74, 6) is 0. The molecular weight excluding hydrogens is 384 g/mol. The third-order valence-electron chi connectivity index (χ3n) is 5.94. The van der Waals surface area contributed by atoms with Crippen LogP contribution in [0.5, 0.6) is 0 Å². The van der Waals surface area contributed by atoms with Gasteiger partial charge in [0.15, 0.2) is 0 Å². The molecule has 6 nitrogen and oxygen atoms in total. The van der Waals surface area contributed by atoms with Crippen molar-refractivity contribution in [3.8, 4) is 0 Å². The average molecular weight is 435 g/mol. The van der Waals surface area contributed by atoms with Crippen molar-refractivity contribution in [2.75, 3.05) is 19.8 Å². The molecule has 0 rings (SSSR count). The van der Waals surface area contributed by atoms with E-state index in [-0.39, 0.29) is 13.0 Å². The Labute approximate surface area is 184 Å². The van der Waals surface area contributed by atoms with Crippen LogP contribution in [0.1, 0.15) is 110 Å². The van der Waals surface area contributed by atoms with Gasteiger partial charge in [-0.05, 0) is 12.8 Å². The SMILES string of the molecule is CCCCCCCCCOCC(O)C(O)C(O)C(O)(CO)CCCCCCCCC. The molecule has 30 heavy (non-hydrogen) atoms. The van der Waals surface area contributed by atoms with Crippen LogP contribution in [0.3, 0.4) is 0 Å². The molecule has 0 aromatic heterocycles. The Morgan fingerprint density at radius 3 is 1.67 bits per heavy atom. The first-order valence-electron chi connectivity index (χ1n) is 12.4. The normalized spacial score (nSPS) is 16.9. The molecule has 6 heteroatoms. The van der Waals surface area contributed by atoms with Crippen LogP contribution < -0.4 is 0 Å². The van der Waals surface area contributed by atoms with Crippen molar-refractivity contribution in [1.82, 2.24) is 0 Å². The quantitative estimate of drug-likeness (QED) is 0.166. The summed E-state index contributed by atoms with van der Waals surface area (Å²) in [4.78, 5) is 0. The molecule has 0 aliphatic heterocycles. The minimum atomic E-state index is -1.82. The van der Waals surface area contributed by atoms with Gasteiger partial charge in [-0.15, -0.1) is 0 Å². The minimum Gasteiger partial charge on any atom is -0.393 e. The van der Waals surface area contributed by atoms with Crippen molar-refractivity contribution >= 4 is 0 Å². The number of unbranched alkanes of at least 4 members (excludes halogenated alkanes) is 12. The molecule has 5 N–H and O–H groups in total. The Hall–Kier alpha value is -0.240. The van der Waals surface area contributed by atoms with E-state index in [2.05, 4.69) is 13.8 Å². The molecule has 0 amide bonds. The Balaban J connectivity index is 4.05. The number of ether oxygens (including phenoxy) is 1. The van der Waals surface area contributed by atoms with Crippen molar-refractivity contribution in [3.05, 3.63) is 0 Å². The molecule has 4 atom stereocenters. The van der Waals surface area contributed by atoms with Crippen molar-refractivity contribution < 1.29 is 30.3 Å². The second-order valence-corrected chi connectivity index (χ2v) is 8.83. The van der Waals surface area contributed by atoms with Gasteiger partial charge in [-0.25, -0.2) is 0 Å². The first-order valence-corrected chi connectivity index (χ1v) is 12.4. The van der Waals surface area contributed by atoms with Crippen LogP contribution in [0.15, 0.2) is 0 Å². The minimum absolute atomic E-state index is 0.104. The zero-order chi connectivity index (χ0) is 22.7. The Morgan fingerprint density at radius 2 is 1.17 bits per heavy atom. The highest BCUT2D eigenvalue weighted by molar-refractivity contribution is 4.92. The van der Waals surface area contributed by atoms with Crippen LogP contribution in [-0.2, 0) is 4.74 Å². The van der Waals surface area contributed by atoms with Crippen molar-refractivity contribution in [1.29, 1.82) is 0 Å². The average Bonchev–Trinajstić information content (AvgIpc) is 2.75. The molecular formula is C24H50O6. The van der Waals surface area contributed by atoms with Crippen LogP contribution in [0.2, 0.25) is 0 Å². The van der Waals surface area contributed by atoms with Crippen molar-refractivity contribution in [2.45, 2.75) is 134 Å². The Morgan fingerprint density at radius 1 is 0.700 bits per heavy atom. The van der Waals surface area contributed by atoms with Crippen LogP contribution in [0, 0.1) is 0 Å². The molecule has 0 radical (unpaired) electrons. The van der Waals surface area contributed by atoms with Crippen LogP contribution in [-0.4, -0.2) is 69.3 Å². The van der Waals surface area contributed by atoms with Crippen LogP contribution in [0.4, 0.5) is 0 Å². The zero-order valence-corrected chi connectivity index (χ0v) is 19.6. The third-order valence-corrected chi connectivity index (χ3v) is 5.94. The van der Waals surface area contributed by atoms with Gasteiger partial charge in [0.1, 0.15) is 23.9 Å². The lowest BCUT2D eigenvalue weighted by Crippen LogP contribution is -2.55. The van der Waals surface area contributed by atoms with Crippen LogP contribution in [0.25, 0.3) is 0 Å². The Bertz CT molecular complexity index is 368. The largest absolute Gasteiger partial charge is 0.393 e. The number of aliphatic hydroxyl groups excluding tert-OH is 4. The second-order valence-electron chi connectivity index (χ2n) is 8.83. The van der Waals surface area contributed by atoms with E-state index in [0.717, 1.165) is 32.1 Å². The van der Waals surface area contributed by atoms with E-state index in [1.807, 2.05) is 0 Å². The summed E-state index contributed by atoms with van der Waals surface area (Å²) in [6.45, 7) is 4.10. The monoisotopic (exact) mass is 434 g/mol. The first-order chi connectivity index (χ1) is 14.4. The van der Waals surface area contributed by atoms with E-state index in [0.29, 0.717) is 13.0 Å². The fourth-order valence-electron chi connectivity index (χ4n) is 3.70. The molecule has 0 aromatic carbocycles. The summed E-state index contributed by atoms with van der Waals surface area (Å²) in [6, 6.07) is 0. The van der Waals surface area contributed by atoms with Gasteiger partial charge in [-0.2, -0.15) is 0 Å². The zero-order valence-electron chi connectivity index (χ0n) is 19.6. The van der Waals surface area contributed by atoms with E-state index in [1.54, 1.807) is 0 Å². The summed E-state index contributed by atoms with van der Waals surface area (Å²) < 4.78 is 5.42. The predicted molar refractivity (Wildman–Crippen MR) is 121 cm³/mol. The van der Waals surface area contributed by atoms with E-state index >= 15 is 0 Å². The maximum atomic E-state index is 10.6. The van der Waals surface area contributed by atoms with Crippen LogP contribution >= 0.6 is 0 Å². The van der Waals surface area contributed by atoms with Crippen molar-refractivity contribution in [2.24, 2.45) is 0 Å². The number of aliphatic hydroxyl groups is 5. The fourth-order valence-corrected chi connectivity index (χ4v) is 3.70. The highest BCUT2D eigenvalue weighted by Crippen LogP contribution is 2.23. The topological polar surface area (TPSA) is 110 Å². The molecule has 0 saturated heterocycles. The lowest BCUT2D eigenvalue weighted by atomic mass is 9.86. The predicted octanol–water partition coefficient (Wildman–Crippen LogP) is 3.70.